The molecule has 0 radical (unpaired) electrons. The zero-order chi connectivity index (χ0) is 13.8. The average molecular weight is 258 g/mol. The van der Waals surface area contributed by atoms with Crippen LogP contribution in [-0.2, 0) is 19.1 Å². The minimum absolute atomic E-state index is 0.0152. The van der Waals surface area contributed by atoms with Gasteiger partial charge in [0.15, 0.2) is 0 Å². The van der Waals surface area contributed by atoms with Crippen LogP contribution in [0.2, 0.25) is 0 Å². The first-order valence-corrected chi connectivity index (χ1v) is 6.99. The van der Waals surface area contributed by atoms with Gasteiger partial charge >= 0.3 is 11.9 Å². The van der Waals surface area contributed by atoms with Crippen molar-refractivity contribution < 1.29 is 19.1 Å². The monoisotopic (exact) mass is 258 g/mol. The van der Waals surface area contributed by atoms with Crippen LogP contribution in [0.4, 0.5) is 0 Å². The minimum Gasteiger partial charge on any atom is -0.466 e. The molecule has 0 aliphatic heterocycles. The van der Waals surface area contributed by atoms with E-state index < -0.39 is 0 Å². The number of rotatable bonds is 10. The Bertz CT molecular complexity index is 238. The quantitative estimate of drug-likeness (QED) is 0.446. The molecule has 0 spiro atoms. The van der Waals surface area contributed by atoms with E-state index >= 15 is 0 Å². The Kier molecular flexibility index (Phi) is 10.4. The largest absolute Gasteiger partial charge is 0.466 e. The highest BCUT2D eigenvalue weighted by Crippen LogP contribution is 2.08. The SMILES string of the molecule is CCCCOC(=O)CCC(=O)OC(CC)CCC. The Morgan fingerprint density at radius 2 is 1.67 bits per heavy atom. The molecule has 0 aliphatic rings. The number of hydrogen-bond donors (Lipinski definition) is 0. The molecule has 0 rings (SSSR count). The van der Waals surface area contributed by atoms with Crippen molar-refractivity contribution in [3.8, 4) is 0 Å². The molecule has 1 atom stereocenters. The summed E-state index contributed by atoms with van der Waals surface area (Å²) >= 11 is 0. The second-order valence-electron chi connectivity index (χ2n) is 4.38. The van der Waals surface area contributed by atoms with Crippen LogP contribution in [-0.4, -0.2) is 24.6 Å². The first kappa shape index (κ1) is 16.9. The second kappa shape index (κ2) is 11.1. The van der Waals surface area contributed by atoms with Gasteiger partial charge in [-0.05, 0) is 19.3 Å². The topological polar surface area (TPSA) is 52.6 Å². The number of esters is 2. The predicted octanol–water partition coefficient (Wildman–Crippen LogP) is 3.23. The van der Waals surface area contributed by atoms with Gasteiger partial charge in [0.2, 0.25) is 0 Å². The van der Waals surface area contributed by atoms with Crippen LogP contribution in [0.5, 0.6) is 0 Å². The van der Waals surface area contributed by atoms with Crippen molar-refractivity contribution in [1.82, 2.24) is 0 Å². The average Bonchev–Trinajstić information content (AvgIpc) is 2.36. The lowest BCUT2D eigenvalue weighted by molar-refractivity contribution is -0.154. The molecule has 0 aliphatic carbocycles. The Morgan fingerprint density at radius 1 is 1.00 bits per heavy atom. The summed E-state index contributed by atoms with van der Waals surface area (Å²) in [7, 11) is 0. The molecule has 0 heterocycles. The van der Waals surface area contributed by atoms with Gasteiger partial charge in [0, 0.05) is 0 Å². The van der Waals surface area contributed by atoms with Crippen LogP contribution in [0.25, 0.3) is 0 Å². The van der Waals surface area contributed by atoms with E-state index in [0.29, 0.717) is 6.61 Å². The lowest BCUT2D eigenvalue weighted by Gasteiger charge is -2.14. The Balaban J connectivity index is 3.71. The molecule has 0 N–H and O–H groups in total. The van der Waals surface area contributed by atoms with Gasteiger partial charge in [0.1, 0.15) is 6.10 Å². The zero-order valence-corrected chi connectivity index (χ0v) is 11.9. The van der Waals surface area contributed by atoms with Crippen molar-refractivity contribution in [2.24, 2.45) is 0 Å². The molecular weight excluding hydrogens is 232 g/mol. The summed E-state index contributed by atoms with van der Waals surface area (Å²) < 4.78 is 10.2. The highest BCUT2D eigenvalue weighted by atomic mass is 16.5. The summed E-state index contributed by atoms with van der Waals surface area (Å²) in [5.74, 6) is -0.619. The molecule has 0 amide bonds. The van der Waals surface area contributed by atoms with E-state index in [1.807, 2.05) is 13.8 Å². The summed E-state index contributed by atoms with van der Waals surface area (Å²) in [6.45, 7) is 6.52. The molecule has 4 heteroatoms. The van der Waals surface area contributed by atoms with E-state index in [9.17, 15) is 9.59 Å². The zero-order valence-electron chi connectivity index (χ0n) is 11.9. The van der Waals surface area contributed by atoms with Gasteiger partial charge in [-0.1, -0.05) is 33.6 Å². The molecule has 18 heavy (non-hydrogen) atoms. The van der Waals surface area contributed by atoms with E-state index in [1.54, 1.807) is 0 Å². The van der Waals surface area contributed by atoms with Crippen molar-refractivity contribution in [3.63, 3.8) is 0 Å². The number of hydrogen-bond acceptors (Lipinski definition) is 4. The van der Waals surface area contributed by atoms with Gasteiger partial charge in [-0.25, -0.2) is 0 Å². The van der Waals surface area contributed by atoms with Crippen molar-refractivity contribution in [1.29, 1.82) is 0 Å². The van der Waals surface area contributed by atoms with Gasteiger partial charge in [-0.15, -0.1) is 0 Å². The first-order valence-electron chi connectivity index (χ1n) is 6.99. The lowest BCUT2D eigenvalue weighted by Crippen LogP contribution is -2.18. The third-order valence-corrected chi connectivity index (χ3v) is 2.66. The predicted molar refractivity (Wildman–Crippen MR) is 70.2 cm³/mol. The highest BCUT2D eigenvalue weighted by Gasteiger charge is 2.13. The lowest BCUT2D eigenvalue weighted by atomic mass is 10.1. The summed E-state index contributed by atoms with van der Waals surface area (Å²) in [6, 6.07) is 0. The van der Waals surface area contributed by atoms with Crippen LogP contribution in [0.3, 0.4) is 0 Å². The van der Waals surface area contributed by atoms with Crippen LogP contribution < -0.4 is 0 Å². The number of ether oxygens (including phenoxy) is 2. The van der Waals surface area contributed by atoms with Crippen LogP contribution in [0, 0.1) is 0 Å². The molecular formula is C14H26O4. The van der Waals surface area contributed by atoms with Crippen molar-refractivity contribution in [2.75, 3.05) is 6.61 Å². The van der Waals surface area contributed by atoms with Gasteiger partial charge in [0.25, 0.3) is 0 Å². The maximum absolute atomic E-state index is 11.5. The van der Waals surface area contributed by atoms with E-state index in [-0.39, 0.29) is 30.9 Å². The fourth-order valence-corrected chi connectivity index (χ4v) is 1.52. The number of unbranched alkanes of at least 4 members (excludes halogenated alkanes) is 1. The van der Waals surface area contributed by atoms with Crippen molar-refractivity contribution >= 4 is 11.9 Å². The van der Waals surface area contributed by atoms with E-state index in [1.165, 1.54) is 0 Å². The number of carbonyl (C=O) groups excluding carboxylic acids is 2. The highest BCUT2D eigenvalue weighted by molar-refractivity contribution is 5.77. The minimum atomic E-state index is -0.316. The van der Waals surface area contributed by atoms with Gasteiger partial charge in [-0.3, -0.25) is 9.59 Å². The molecule has 1 unspecified atom stereocenters. The summed E-state index contributed by atoms with van der Waals surface area (Å²) in [4.78, 5) is 22.8. The van der Waals surface area contributed by atoms with Crippen LogP contribution in [0.15, 0.2) is 0 Å². The number of carbonyl (C=O) groups is 2. The van der Waals surface area contributed by atoms with Crippen LogP contribution >= 0.6 is 0 Å². The summed E-state index contributed by atoms with van der Waals surface area (Å²) in [6.07, 6.45) is 4.76. The standard InChI is InChI=1S/C14H26O4/c1-4-7-11-17-13(15)9-10-14(16)18-12(6-3)8-5-2/h12H,4-11H2,1-3H3. The van der Waals surface area contributed by atoms with Gasteiger partial charge < -0.3 is 9.47 Å². The molecule has 106 valence electrons. The normalized spacial score (nSPS) is 11.9. The molecule has 0 aromatic rings. The third-order valence-electron chi connectivity index (χ3n) is 2.66. The Hall–Kier alpha value is -1.06. The third kappa shape index (κ3) is 9.02. The second-order valence-corrected chi connectivity index (χ2v) is 4.38. The Labute approximate surface area is 110 Å². The Morgan fingerprint density at radius 3 is 2.22 bits per heavy atom. The van der Waals surface area contributed by atoms with Crippen molar-refractivity contribution in [2.45, 2.75) is 71.8 Å². The summed E-state index contributed by atoms with van der Waals surface area (Å²) in [5.41, 5.74) is 0. The molecule has 0 saturated carbocycles. The van der Waals surface area contributed by atoms with Crippen molar-refractivity contribution in [3.05, 3.63) is 0 Å². The van der Waals surface area contributed by atoms with Gasteiger partial charge in [0.05, 0.1) is 19.4 Å². The molecule has 0 aromatic heterocycles. The maximum atomic E-state index is 11.5. The maximum Gasteiger partial charge on any atom is 0.306 e. The molecule has 0 saturated heterocycles. The molecule has 4 nitrogen and oxygen atoms in total. The fraction of sp³-hybridized carbons (Fsp3) is 0.857. The summed E-state index contributed by atoms with van der Waals surface area (Å²) in [5, 5.41) is 0. The molecule has 0 fully saturated rings. The van der Waals surface area contributed by atoms with Crippen LogP contribution in [0.1, 0.15) is 65.7 Å². The fourth-order valence-electron chi connectivity index (χ4n) is 1.52. The van der Waals surface area contributed by atoms with E-state index in [2.05, 4.69) is 6.92 Å². The van der Waals surface area contributed by atoms with Gasteiger partial charge in [-0.2, -0.15) is 0 Å². The molecule has 0 bridgehead atoms. The smallest absolute Gasteiger partial charge is 0.306 e. The van der Waals surface area contributed by atoms with E-state index in [4.69, 9.17) is 9.47 Å². The molecule has 0 aromatic carbocycles. The first-order chi connectivity index (χ1) is 8.63. The van der Waals surface area contributed by atoms with E-state index in [0.717, 1.165) is 32.1 Å².